The molecule has 0 unspecified atom stereocenters. The van der Waals surface area contributed by atoms with Gasteiger partial charge >= 0.3 is 5.97 Å². The Morgan fingerprint density at radius 3 is 2.48 bits per heavy atom. The van der Waals surface area contributed by atoms with Crippen molar-refractivity contribution in [3.05, 3.63) is 53.7 Å². The highest BCUT2D eigenvalue weighted by Crippen LogP contribution is 2.25. The number of ether oxygens (including phenoxy) is 3. The number of carbonyl (C=O) groups excluding carboxylic acids is 2. The van der Waals surface area contributed by atoms with E-state index in [4.69, 9.17) is 9.47 Å². The zero-order valence-corrected chi connectivity index (χ0v) is 14.1. The summed E-state index contributed by atoms with van der Waals surface area (Å²) in [6, 6.07) is 8.31. The third-order valence-corrected chi connectivity index (χ3v) is 3.29. The summed E-state index contributed by atoms with van der Waals surface area (Å²) in [5.74, 6) is 0.727. The zero-order valence-electron chi connectivity index (χ0n) is 14.1. The van der Waals surface area contributed by atoms with Crippen LogP contribution in [0.4, 0.5) is 5.82 Å². The number of nitrogens with one attached hydrogen (secondary N) is 1. The topological polar surface area (TPSA) is 86.8 Å². The highest BCUT2D eigenvalue weighted by atomic mass is 16.5. The summed E-state index contributed by atoms with van der Waals surface area (Å²) in [6.07, 6.45) is 4.29. The van der Waals surface area contributed by atoms with E-state index < -0.39 is 5.97 Å². The number of amides is 1. The first-order valence-electron chi connectivity index (χ1n) is 7.33. The Morgan fingerprint density at radius 2 is 1.88 bits per heavy atom. The van der Waals surface area contributed by atoms with Crippen LogP contribution in [0.5, 0.6) is 11.5 Å². The molecule has 1 amide bonds. The molecule has 0 saturated heterocycles. The monoisotopic (exact) mass is 342 g/mol. The lowest BCUT2D eigenvalue weighted by atomic mass is 10.1. The molecule has 0 atom stereocenters. The standard InChI is InChI=1S/C18H18N2O5/c1-23-14-6-7-15(24-2)12(10-14)5-9-17(21)20-16-8-4-13(11-19-16)18(22)25-3/h4-11H,1-3H3,(H,19,20,21)/b9-5+. The minimum absolute atomic E-state index is 0.303. The predicted octanol–water partition coefficient (Wildman–Crippen LogP) is 2.54. The lowest BCUT2D eigenvalue weighted by Crippen LogP contribution is -2.10. The number of aromatic nitrogens is 1. The number of methoxy groups -OCH3 is 3. The van der Waals surface area contributed by atoms with Crippen LogP contribution < -0.4 is 14.8 Å². The van der Waals surface area contributed by atoms with E-state index in [1.807, 2.05) is 0 Å². The second-order valence-electron chi connectivity index (χ2n) is 4.85. The second kappa shape index (κ2) is 8.49. The Labute approximate surface area is 145 Å². The largest absolute Gasteiger partial charge is 0.497 e. The van der Waals surface area contributed by atoms with Gasteiger partial charge in [0, 0.05) is 17.8 Å². The van der Waals surface area contributed by atoms with Crippen molar-refractivity contribution in [2.45, 2.75) is 0 Å². The van der Waals surface area contributed by atoms with E-state index in [1.165, 1.54) is 31.5 Å². The zero-order chi connectivity index (χ0) is 18.2. The number of hydrogen-bond acceptors (Lipinski definition) is 6. The lowest BCUT2D eigenvalue weighted by molar-refractivity contribution is -0.111. The number of hydrogen-bond donors (Lipinski definition) is 1. The number of rotatable bonds is 6. The van der Waals surface area contributed by atoms with E-state index >= 15 is 0 Å². The van der Waals surface area contributed by atoms with Crippen LogP contribution in [0.2, 0.25) is 0 Å². The number of anilines is 1. The van der Waals surface area contributed by atoms with E-state index in [0.29, 0.717) is 28.4 Å². The van der Waals surface area contributed by atoms with Gasteiger partial charge in [0.25, 0.3) is 0 Å². The first-order chi connectivity index (χ1) is 12.1. The van der Waals surface area contributed by atoms with E-state index in [1.54, 1.807) is 38.5 Å². The molecule has 1 heterocycles. The van der Waals surface area contributed by atoms with Crippen molar-refractivity contribution in [3.63, 3.8) is 0 Å². The number of nitrogens with zero attached hydrogens (tertiary/aromatic N) is 1. The quantitative estimate of drug-likeness (QED) is 0.641. The summed E-state index contributed by atoms with van der Waals surface area (Å²) < 4.78 is 15.0. The molecule has 0 bridgehead atoms. The van der Waals surface area contributed by atoms with Crippen LogP contribution in [0.1, 0.15) is 15.9 Å². The SMILES string of the molecule is COC(=O)c1ccc(NC(=O)/C=C/c2cc(OC)ccc2OC)nc1. The molecule has 2 aromatic rings. The smallest absolute Gasteiger partial charge is 0.339 e. The Kier molecular flexibility index (Phi) is 6.11. The Morgan fingerprint density at radius 1 is 1.08 bits per heavy atom. The average Bonchev–Trinajstić information content (AvgIpc) is 2.66. The maximum Gasteiger partial charge on any atom is 0.339 e. The summed E-state index contributed by atoms with van der Waals surface area (Å²) >= 11 is 0. The number of esters is 1. The summed E-state index contributed by atoms with van der Waals surface area (Å²) in [5.41, 5.74) is 1.00. The van der Waals surface area contributed by atoms with Gasteiger partial charge < -0.3 is 19.5 Å². The number of pyridine rings is 1. The van der Waals surface area contributed by atoms with Gasteiger partial charge in [0.15, 0.2) is 0 Å². The van der Waals surface area contributed by atoms with Crippen molar-refractivity contribution < 1.29 is 23.8 Å². The van der Waals surface area contributed by atoms with Crippen molar-refractivity contribution in [2.75, 3.05) is 26.6 Å². The van der Waals surface area contributed by atoms with Crippen LogP contribution in [0.25, 0.3) is 6.08 Å². The van der Waals surface area contributed by atoms with Crippen molar-refractivity contribution >= 4 is 23.8 Å². The van der Waals surface area contributed by atoms with Gasteiger partial charge in [-0.3, -0.25) is 4.79 Å². The highest BCUT2D eigenvalue weighted by Gasteiger charge is 2.07. The summed E-state index contributed by atoms with van der Waals surface area (Å²) in [5, 5.41) is 2.60. The highest BCUT2D eigenvalue weighted by molar-refractivity contribution is 6.01. The van der Waals surface area contributed by atoms with Crippen molar-refractivity contribution in [3.8, 4) is 11.5 Å². The van der Waals surface area contributed by atoms with Crippen molar-refractivity contribution in [1.82, 2.24) is 4.98 Å². The van der Waals surface area contributed by atoms with Gasteiger partial charge in [-0.1, -0.05) is 0 Å². The van der Waals surface area contributed by atoms with Gasteiger partial charge in [-0.15, -0.1) is 0 Å². The van der Waals surface area contributed by atoms with Gasteiger partial charge in [-0.25, -0.2) is 9.78 Å². The average molecular weight is 342 g/mol. The van der Waals surface area contributed by atoms with E-state index in [9.17, 15) is 9.59 Å². The summed E-state index contributed by atoms with van der Waals surface area (Å²) in [6.45, 7) is 0. The number of carbonyl (C=O) groups is 2. The molecule has 7 nitrogen and oxygen atoms in total. The molecule has 1 N–H and O–H groups in total. The second-order valence-corrected chi connectivity index (χ2v) is 4.85. The van der Waals surface area contributed by atoms with E-state index in [0.717, 1.165) is 0 Å². The van der Waals surface area contributed by atoms with Crippen LogP contribution in [0.3, 0.4) is 0 Å². The first-order valence-corrected chi connectivity index (χ1v) is 7.33. The molecule has 1 aromatic heterocycles. The molecule has 25 heavy (non-hydrogen) atoms. The van der Waals surface area contributed by atoms with Crippen molar-refractivity contribution in [1.29, 1.82) is 0 Å². The van der Waals surface area contributed by atoms with Gasteiger partial charge in [0.1, 0.15) is 17.3 Å². The number of benzene rings is 1. The molecule has 0 aliphatic rings. The Balaban J connectivity index is 2.07. The Hall–Kier alpha value is -3.35. The molecular formula is C18H18N2O5. The van der Waals surface area contributed by atoms with Gasteiger partial charge in [0.05, 0.1) is 26.9 Å². The fraction of sp³-hybridized carbons (Fsp3) is 0.167. The van der Waals surface area contributed by atoms with E-state index in [2.05, 4.69) is 15.0 Å². The van der Waals surface area contributed by atoms with Gasteiger partial charge in [0.2, 0.25) is 5.91 Å². The van der Waals surface area contributed by atoms with Crippen LogP contribution in [-0.4, -0.2) is 38.2 Å². The minimum Gasteiger partial charge on any atom is -0.497 e. The molecule has 1 aromatic carbocycles. The fourth-order valence-electron chi connectivity index (χ4n) is 2.01. The molecule has 0 aliphatic carbocycles. The molecule has 0 saturated carbocycles. The summed E-state index contributed by atoms with van der Waals surface area (Å²) in [7, 11) is 4.40. The molecule has 0 fully saturated rings. The van der Waals surface area contributed by atoms with Crippen LogP contribution in [-0.2, 0) is 9.53 Å². The van der Waals surface area contributed by atoms with Crippen molar-refractivity contribution in [2.24, 2.45) is 0 Å². The molecule has 7 heteroatoms. The third kappa shape index (κ3) is 4.81. The van der Waals surface area contributed by atoms with Crippen LogP contribution in [0, 0.1) is 0 Å². The summed E-state index contributed by atoms with van der Waals surface area (Å²) in [4.78, 5) is 27.3. The molecule has 130 valence electrons. The van der Waals surface area contributed by atoms with Gasteiger partial charge in [-0.2, -0.15) is 0 Å². The fourth-order valence-corrected chi connectivity index (χ4v) is 2.01. The first kappa shape index (κ1) is 18.0. The molecule has 2 rings (SSSR count). The maximum atomic E-state index is 12.0. The molecule has 0 aliphatic heterocycles. The van der Waals surface area contributed by atoms with Gasteiger partial charge in [-0.05, 0) is 36.4 Å². The molecule has 0 radical (unpaired) electrons. The maximum absolute atomic E-state index is 12.0. The molecule has 0 spiro atoms. The molecular weight excluding hydrogens is 324 g/mol. The normalized spacial score (nSPS) is 10.4. The Bertz CT molecular complexity index is 785. The third-order valence-electron chi connectivity index (χ3n) is 3.29. The van der Waals surface area contributed by atoms with Crippen LogP contribution >= 0.6 is 0 Å². The van der Waals surface area contributed by atoms with E-state index in [-0.39, 0.29) is 5.91 Å². The van der Waals surface area contributed by atoms with Crippen LogP contribution in [0.15, 0.2) is 42.6 Å². The minimum atomic E-state index is -0.490. The lowest BCUT2D eigenvalue weighted by Gasteiger charge is -2.07. The predicted molar refractivity (Wildman–Crippen MR) is 92.8 cm³/mol.